The molecule has 0 unspecified atom stereocenters. The van der Waals surface area contributed by atoms with Gasteiger partial charge < -0.3 is 14.5 Å². The van der Waals surface area contributed by atoms with E-state index in [9.17, 15) is 13.2 Å². The summed E-state index contributed by atoms with van der Waals surface area (Å²) in [5.74, 6) is 1.19. The molecule has 40 heavy (non-hydrogen) atoms. The number of benzene rings is 2. The van der Waals surface area contributed by atoms with Gasteiger partial charge in [0.1, 0.15) is 17.2 Å². The van der Waals surface area contributed by atoms with Crippen molar-refractivity contribution in [2.24, 2.45) is 10.9 Å². The second-order valence-electron chi connectivity index (χ2n) is 10.9. The number of hydrogen-bond acceptors (Lipinski definition) is 5. The minimum Gasteiger partial charge on any atom is -0.487 e. The number of piperazine rings is 1. The van der Waals surface area contributed by atoms with Crippen molar-refractivity contribution in [1.82, 2.24) is 14.5 Å². The van der Waals surface area contributed by atoms with Crippen LogP contribution in [0.3, 0.4) is 0 Å². The molecule has 1 N–H and O–H groups in total. The molecule has 2 heterocycles. The molecule has 2 aliphatic rings. The van der Waals surface area contributed by atoms with Crippen LogP contribution in [0.15, 0.2) is 77.3 Å². The molecule has 2 aromatic carbocycles. The van der Waals surface area contributed by atoms with Gasteiger partial charge in [-0.25, -0.2) is 18.1 Å². The third kappa shape index (κ3) is 6.31. The zero-order chi connectivity index (χ0) is 29.1. The van der Waals surface area contributed by atoms with Crippen molar-refractivity contribution in [3.63, 3.8) is 0 Å². The fourth-order valence-electron chi connectivity index (χ4n) is 5.08. The van der Waals surface area contributed by atoms with E-state index in [0.29, 0.717) is 43.1 Å². The number of carbonyl (C=O) groups excluding carboxylic acids is 1. The van der Waals surface area contributed by atoms with Gasteiger partial charge in [0.15, 0.2) is 0 Å². The van der Waals surface area contributed by atoms with E-state index in [0.717, 1.165) is 17.8 Å². The first-order valence-corrected chi connectivity index (χ1v) is 15.3. The third-order valence-corrected chi connectivity index (χ3v) is 9.45. The van der Waals surface area contributed by atoms with Crippen molar-refractivity contribution in [3.8, 4) is 5.75 Å². The lowest BCUT2D eigenvalue weighted by molar-refractivity contribution is 0.0167. The molecule has 0 bridgehead atoms. The molecule has 214 valence electrons. The molecule has 2 atom stereocenters. The summed E-state index contributed by atoms with van der Waals surface area (Å²) in [6, 6.07) is 11.7. The van der Waals surface area contributed by atoms with Crippen LogP contribution < -0.4 is 9.46 Å². The van der Waals surface area contributed by atoms with Gasteiger partial charge in [-0.2, -0.15) is 0 Å². The Morgan fingerprint density at radius 3 is 2.40 bits per heavy atom. The second kappa shape index (κ2) is 12.0. The SMILES string of the molecule is C=C/C=C\N=C(C)N1CCN(C(=O)c2ccc3c(c2)[C@@H](NS(=O)(=O)c2ccc(CC)cc2)[C@H](C)C(C)(C)O3)CC1. The zero-order valence-corrected chi connectivity index (χ0v) is 24.9. The van der Waals surface area contributed by atoms with E-state index in [4.69, 9.17) is 4.74 Å². The monoisotopic (exact) mass is 564 g/mol. The quantitative estimate of drug-likeness (QED) is 0.292. The van der Waals surface area contributed by atoms with E-state index < -0.39 is 21.7 Å². The Bertz CT molecular complexity index is 1410. The van der Waals surface area contributed by atoms with Crippen molar-refractivity contribution >= 4 is 21.8 Å². The van der Waals surface area contributed by atoms with Gasteiger partial charge in [-0.1, -0.05) is 38.6 Å². The highest BCUT2D eigenvalue weighted by Gasteiger charge is 2.43. The summed E-state index contributed by atoms with van der Waals surface area (Å²) in [5, 5.41) is 0. The van der Waals surface area contributed by atoms with Gasteiger partial charge >= 0.3 is 0 Å². The number of fused-ring (bicyclic) bond motifs is 1. The average molecular weight is 565 g/mol. The first-order valence-electron chi connectivity index (χ1n) is 13.8. The number of nitrogens with zero attached hydrogens (tertiary/aromatic N) is 3. The summed E-state index contributed by atoms with van der Waals surface area (Å²) in [6.07, 6.45) is 6.00. The highest BCUT2D eigenvalue weighted by atomic mass is 32.2. The molecule has 2 aliphatic heterocycles. The molecule has 0 radical (unpaired) electrons. The Hall–Kier alpha value is -3.43. The van der Waals surface area contributed by atoms with Crippen LogP contribution in [0.25, 0.3) is 0 Å². The number of sulfonamides is 1. The highest BCUT2D eigenvalue weighted by molar-refractivity contribution is 7.89. The van der Waals surface area contributed by atoms with Crippen LogP contribution in [-0.2, 0) is 16.4 Å². The van der Waals surface area contributed by atoms with E-state index in [1.165, 1.54) is 0 Å². The molecular formula is C31H40N4O4S. The number of amides is 1. The maximum Gasteiger partial charge on any atom is 0.253 e. The van der Waals surface area contributed by atoms with Crippen molar-refractivity contribution in [2.45, 2.75) is 57.6 Å². The lowest BCUT2D eigenvalue weighted by Crippen LogP contribution is -2.50. The zero-order valence-electron chi connectivity index (χ0n) is 24.1. The molecule has 4 rings (SSSR count). The van der Waals surface area contributed by atoms with Crippen molar-refractivity contribution in [3.05, 3.63) is 84.1 Å². The second-order valence-corrected chi connectivity index (χ2v) is 12.6. The van der Waals surface area contributed by atoms with Gasteiger partial charge in [-0.3, -0.25) is 4.79 Å². The van der Waals surface area contributed by atoms with Gasteiger partial charge in [0.05, 0.1) is 10.9 Å². The van der Waals surface area contributed by atoms with Gasteiger partial charge in [0.2, 0.25) is 10.0 Å². The molecule has 0 aliphatic carbocycles. The predicted octanol–water partition coefficient (Wildman–Crippen LogP) is 4.95. The average Bonchev–Trinajstić information content (AvgIpc) is 2.95. The summed E-state index contributed by atoms with van der Waals surface area (Å²) in [6.45, 7) is 16.0. The summed E-state index contributed by atoms with van der Waals surface area (Å²) in [4.78, 5) is 22.1. The first kappa shape index (κ1) is 29.6. The van der Waals surface area contributed by atoms with Crippen LogP contribution in [0.4, 0.5) is 0 Å². The lowest BCUT2D eigenvalue weighted by Gasteiger charge is -2.43. The largest absolute Gasteiger partial charge is 0.487 e. The third-order valence-electron chi connectivity index (χ3n) is 7.99. The Morgan fingerprint density at radius 2 is 1.77 bits per heavy atom. The smallest absolute Gasteiger partial charge is 0.253 e. The van der Waals surface area contributed by atoms with E-state index in [1.807, 2.05) is 51.7 Å². The molecule has 8 nitrogen and oxygen atoms in total. The lowest BCUT2D eigenvalue weighted by atomic mass is 9.80. The fraction of sp³-hybridized carbons (Fsp3) is 0.419. The van der Waals surface area contributed by atoms with Crippen molar-refractivity contribution in [1.29, 1.82) is 0 Å². The summed E-state index contributed by atoms with van der Waals surface area (Å²) < 4.78 is 36.1. The number of allylic oxidation sites excluding steroid dienone is 2. The Balaban J connectivity index is 1.57. The van der Waals surface area contributed by atoms with Crippen LogP contribution in [0.2, 0.25) is 0 Å². The minimum atomic E-state index is -3.82. The van der Waals surface area contributed by atoms with Crippen LogP contribution >= 0.6 is 0 Å². The molecule has 0 saturated carbocycles. The number of aryl methyl sites for hydroxylation is 1. The number of amidine groups is 1. The number of ether oxygens (including phenoxy) is 1. The normalized spacial score (nSPS) is 21.2. The Kier molecular flexibility index (Phi) is 8.85. The number of rotatable bonds is 7. The number of aliphatic imine (C=N–C) groups is 1. The van der Waals surface area contributed by atoms with Gasteiger partial charge in [-0.15, -0.1) is 0 Å². The first-order chi connectivity index (χ1) is 19.0. The van der Waals surface area contributed by atoms with Crippen LogP contribution in [0.1, 0.15) is 62.1 Å². The highest BCUT2D eigenvalue weighted by Crippen LogP contribution is 2.44. The molecule has 1 amide bonds. The summed E-state index contributed by atoms with van der Waals surface area (Å²) in [5.41, 5.74) is 1.63. The standard InChI is InChI=1S/C31H40N4O4S/c1-7-9-16-32-23(4)34-17-19-35(20-18-34)30(36)25-12-15-28-27(21-25)29(22(3)31(5,6)39-28)33-40(37,38)26-13-10-24(8-2)11-14-26/h7,9-16,21-22,29,33H,1,8,17-20H2,2-6H3/b16-9-,32-23?/t22-,29-/m0/s1. The summed E-state index contributed by atoms with van der Waals surface area (Å²) >= 11 is 0. The molecular weight excluding hydrogens is 524 g/mol. The molecule has 0 aromatic heterocycles. The van der Waals surface area contributed by atoms with Gasteiger partial charge in [0.25, 0.3) is 5.91 Å². The maximum atomic E-state index is 13.5. The van der Waals surface area contributed by atoms with E-state index >= 15 is 0 Å². The molecule has 1 fully saturated rings. The van der Waals surface area contributed by atoms with E-state index in [2.05, 4.69) is 21.2 Å². The number of nitrogens with one attached hydrogen (secondary N) is 1. The topological polar surface area (TPSA) is 91.3 Å². The molecule has 2 aromatic rings. The predicted molar refractivity (Wildman–Crippen MR) is 159 cm³/mol. The van der Waals surface area contributed by atoms with Crippen molar-refractivity contribution < 1.29 is 17.9 Å². The van der Waals surface area contributed by atoms with Crippen LogP contribution in [-0.4, -0.2) is 61.7 Å². The van der Waals surface area contributed by atoms with Gasteiger partial charge in [0, 0.05) is 49.4 Å². The van der Waals surface area contributed by atoms with Crippen molar-refractivity contribution in [2.75, 3.05) is 26.2 Å². The van der Waals surface area contributed by atoms with E-state index in [-0.39, 0.29) is 16.7 Å². The van der Waals surface area contributed by atoms with E-state index in [1.54, 1.807) is 48.7 Å². The molecule has 1 saturated heterocycles. The summed E-state index contributed by atoms with van der Waals surface area (Å²) in [7, 11) is -3.82. The maximum absolute atomic E-state index is 13.5. The van der Waals surface area contributed by atoms with Crippen LogP contribution in [0.5, 0.6) is 5.75 Å². The van der Waals surface area contributed by atoms with Crippen LogP contribution in [0, 0.1) is 5.92 Å². The van der Waals surface area contributed by atoms with Gasteiger partial charge in [-0.05, 0) is 69.2 Å². The number of carbonyl (C=O) groups is 1. The Labute approximate surface area is 238 Å². The molecule has 0 spiro atoms. The molecule has 9 heteroatoms. The fourth-order valence-corrected chi connectivity index (χ4v) is 6.37. The minimum absolute atomic E-state index is 0.0853. The Morgan fingerprint density at radius 1 is 1.12 bits per heavy atom. The number of hydrogen-bond donors (Lipinski definition) is 1.